The highest BCUT2D eigenvalue weighted by molar-refractivity contribution is 7.89. The van der Waals surface area contributed by atoms with Crippen LogP contribution in [0, 0.1) is 5.92 Å². The third kappa shape index (κ3) is 4.31. The Kier molecular flexibility index (Phi) is 5.46. The van der Waals surface area contributed by atoms with Gasteiger partial charge in [-0.3, -0.25) is 0 Å². The quantitative estimate of drug-likeness (QED) is 0.734. The number of nitrogens with one attached hydrogen (secondary N) is 1. The molecule has 1 aliphatic rings. The molecule has 0 aromatic carbocycles. The molecular formula is C15H26N2O3S. The zero-order valence-electron chi connectivity index (χ0n) is 12.9. The third-order valence-electron chi connectivity index (χ3n) is 4.03. The summed E-state index contributed by atoms with van der Waals surface area (Å²) in [5.74, 6) is 0.690. The molecule has 0 spiro atoms. The third-order valence-corrected chi connectivity index (χ3v) is 5.51. The molecule has 6 heteroatoms. The van der Waals surface area contributed by atoms with Crippen molar-refractivity contribution >= 4 is 10.0 Å². The van der Waals surface area contributed by atoms with Crippen molar-refractivity contribution < 1.29 is 13.5 Å². The Balaban J connectivity index is 2.13. The van der Waals surface area contributed by atoms with Gasteiger partial charge >= 0.3 is 0 Å². The molecule has 1 atom stereocenters. The van der Waals surface area contributed by atoms with Crippen LogP contribution in [0.15, 0.2) is 17.2 Å². The standard InChI is InChI=1S/C15H26N2O3S/c1-3-7-17-10-15(9-14(17)11-18)21(19,20)16-13(4-2)8-12-5-6-12/h9-10,12-13,16,18H,3-8,11H2,1-2H3. The Bertz CT molecular complexity index is 561. The van der Waals surface area contributed by atoms with Crippen LogP contribution < -0.4 is 4.72 Å². The van der Waals surface area contributed by atoms with Crippen LogP contribution >= 0.6 is 0 Å². The van der Waals surface area contributed by atoms with Gasteiger partial charge in [0.25, 0.3) is 0 Å². The minimum absolute atomic E-state index is 0.00889. The fourth-order valence-electron chi connectivity index (χ4n) is 2.59. The largest absolute Gasteiger partial charge is 0.390 e. The molecule has 2 rings (SSSR count). The van der Waals surface area contributed by atoms with E-state index < -0.39 is 10.0 Å². The Morgan fingerprint density at radius 1 is 1.43 bits per heavy atom. The summed E-state index contributed by atoms with van der Waals surface area (Å²) < 4.78 is 29.6. The summed E-state index contributed by atoms with van der Waals surface area (Å²) in [5, 5.41) is 9.34. The van der Waals surface area contributed by atoms with Crippen molar-refractivity contribution in [3.8, 4) is 0 Å². The van der Waals surface area contributed by atoms with Gasteiger partial charge in [0.05, 0.1) is 11.5 Å². The number of aliphatic hydroxyl groups excluding tert-OH is 1. The van der Waals surface area contributed by atoms with Crippen LogP contribution in [0.3, 0.4) is 0 Å². The molecular weight excluding hydrogens is 288 g/mol. The second kappa shape index (κ2) is 6.94. The molecule has 1 saturated carbocycles. The maximum absolute atomic E-state index is 12.5. The molecule has 21 heavy (non-hydrogen) atoms. The average Bonchev–Trinajstić information content (AvgIpc) is 3.16. The summed E-state index contributed by atoms with van der Waals surface area (Å²) in [4.78, 5) is 0.259. The number of hydrogen-bond donors (Lipinski definition) is 2. The van der Waals surface area contributed by atoms with E-state index in [4.69, 9.17) is 0 Å². The van der Waals surface area contributed by atoms with Crippen LogP contribution in [0.25, 0.3) is 0 Å². The fraction of sp³-hybridized carbons (Fsp3) is 0.733. The summed E-state index contributed by atoms with van der Waals surface area (Å²) in [6.07, 6.45) is 6.70. The summed E-state index contributed by atoms with van der Waals surface area (Å²) in [7, 11) is -3.50. The summed E-state index contributed by atoms with van der Waals surface area (Å²) in [6, 6.07) is 1.58. The second-order valence-electron chi connectivity index (χ2n) is 5.92. The summed E-state index contributed by atoms with van der Waals surface area (Å²) >= 11 is 0. The summed E-state index contributed by atoms with van der Waals surface area (Å²) in [5.41, 5.74) is 0.646. The lowest BCUT2D eigenvalue weighted by Crippen LogP contribution is -2.34. The predicted molar refractivity (Wildman–Crippen MR) is 82.4 cm³/mol. The van der Waals surface area contributed by atoms with Crippen LogP contribution in [0.2, 0.25) is 0 Å². The molecule has 0 saturated heterocycles. The van der Waals surface area contributed by atoms with E-state index in [0.717, 1.165) is 19.3 Å². The molecule has 1 aliphatic carbocycles. The van der Waals surface area contributed by atoms with E-state index in [1.807, 2.05) is 18.4 Å². The van der Waals surface area contributed by atoms with Gasteiger partial charge in [-0.2, -0.15) is 0 Å². The van der Waals surface area contributed by atoms with Gasteiger partial charge in [0.2, 0.25) is 10.0 Å². The molecule has 1 unspecified atom stereocenters. The van der Waals surface area contributed by atoms with E-state index >= 15 is 0 Å². The lowest BCUT2D eigenvalue weighted by Gasteiger charge is -2.16. The van der Waals surface area contributed by atoms with Crippen LogP contribution in [0.1, 0.15) is 51.6 Å². The Hall–Kier alpha value is -0.850. The minimum Gasteiger partial charge on any atom is -0.390 e. The highest BCUT2D eigenvalue weighted by Gasteiger charge is 2.28. The van der Waals surface area contributed by atoms with Gasteiger partial charge in [-0.05, 0) is 31.2 Å². The van der Waals surface area contributed by atoms with Crippen LogP contribution in [-0.2, 0) is 23.2 Å². The van der Waals surface area contributed by atoms with E-state index in [9.17, 15) is 13.5 Å². The van der Waals surface area contributed by atoms with Crippen LogP contribution in [0.5, 0.6) is 0 Å². The molecule has 0 radical (unpaired) electrons. The van der Waals surface area contributed by atoms with Crippen LogP contribution in [0.4, 0.5) is 0 Å². The highest BCUT2D eigenvalue weighted by atomic mass is 32.2. The van der Waals surface area contributed by atoms with Crippen molar-refractivity contribution in [3.05, 3.63) is 18.0 Å². The SMILES string of the molecule is CCCn1cc(S(=O)(=O)NC(CC)CC2CC2)cc1CO. The Morgan fingerprint density at radius 3 is 2.67 bits per heavy atom. The molecule has 1 aromatic heterocycles. The van der Waals surface area contributed by atoms with Crippen molar-refractivity contribution in [1.29, 1.82) is 0 Å². The lowest BCUT2D eigenvalue weighted by molar-refractivity contribution is 0.270. The van der Waals surface area contributed by atoms with Crippen molar-refractivity contribution in [2.45, 2.75) is 70.0 Å². The van der Waals surface area contributed by atoms with E-state index in [-0.39, 0.29) is 17.5 Å². The first-order valence-corrected chi connectivity index (χ1v) is 9.30. The Morgan fingerprint density at radius 2 is 2.14 bits per heavy atom. The number of aryl methyl sites for hydroxylation is 1. The number of aromatic nitrogens is 1. The van der Waals surface area contributed by atoms with Gasteiger partial charge in [0.15, 0.2) is 0 Å². The van der Waals surface area contributed by atoms with Crippen molar-refractivity contribution in [3.63, 3.8) is 0 Å². The van der Waals surface area contributed by atoms with Gasteiger partial charge < -0.3 is 9.67 Å². The summed E-state index contributed by atoms with van der Waals surface area (Å²) in [6.45, 7) is 4.60. The van der Waals surface area contributed by atoms with Gasteiger partial charge in [0.1, 0.15) is 0 Å². The average molecular weight is 314 g/mol. The molecule has 5 nitrogen and oxygen atoms in total. The topological polar surface area (TPSA) is 71.3 Å². The first-order valence-electron chi connectivity index (χ1n) is 7.82. The molecule has 2 N–H and O–H groups in total. The monoisotopic (exact) mass is 314 g/mol. The number of rotatable bonds is 9. The molecule has 120 valence electrons. The van der Waals surface area contributed by atoms with E-state index in [2.05, 4.69) is 4.72 Å². The van der Waals surface area contributed by atoms with Gasteiger partial charge in [0, 0.05) is 24.5 Å². The molecule has 1 fully saturated rings. The molecule has 0 aliphatic heterocycles. The minimum atomic E-state index is -3.50. The first-order chi connectivity index (χ1) is 10.00. The maximum Gasteiger partial charge on any atom is 0.242 e. The van der Waals surface area contributed by atoms with E-state index in [1.165, 1.54) is 12.8 Å². The number of sulfonamides is 1. The normalized spacial score (nSPS) is 17.1. The maximum atomic E-state index is 12.5. The van der Waals surface area contributed by atoms with E-state index in [0.29, 0.717) is 18.2 Å². The molecule has 0 bridgehead atoms. The van der Waals surface area contributed by atoms with Gasteiger partial charge in [-0.15, -0.1) is 0 Å². The van der Waals surface area contributed by atoms with Crippen molar-refractivity contribution in [2.75, 3.05) is 0 Å². The number of nitrogens with zero attached hydrogens (tertiary/aromatic N) is 1. The fourth-order valence-corrected chi connectivity index (χ4v) is 3.99. The molecule has 1 heterocycles. The van der Waals surface area contributed by atoms with Crippen LogP contribution in [-0.4, -0.2) is 24.1 Å². The van der Waals surface area contributed by atoms with Crippen molar-refractivity contribution in [2.24, 2.45) is 5.92 Å². The van der Waals surface area contributed by atoms with Crippen molar-refractivity contribution in [1.82, 2.24) is 9.29 Å². The van der Waals surface area contributed by atoms with Gasteiger partial charge in [-0.1, -0.05) is 26.7 Å². The molecule has 0 amide bonds. The van der Waals surface area contributed by atoms with Gasteiger partial charge in [-0.25, -0.2) is 13.1 Å². The highest BCUT2D eigenvalue weighted by Crippen LogP contribution is 2.34. The zero-order chi connectivity index (χ0) is 15.5. The van der Waals surface area contributed by atoms with E-state index in [1.54, 1.807) is 12.3 Å². The second-order valence-corrected chi connectivity index (χ2v) is 7.64. The smallest absolute Gasteiger partial charge is 0.242 e. The predicted octanol–water partition coefficient (Wildman–Crippen LogP) is 2.25. The molecule has 1 aromatic rings. The zero-order valence-corrected chi connectivity index (χ0v) is 13.7. The Labute approximate surface area is 127 Å². The lowest BCUT2D eigenvalue weighted by atomic mass is 10.1. The first kappa shape index (κ1) is 16.5. The number of aliphatic hydroxyl groups is 1. The number of hydrogen-bond acceptors (Lipinski definition) is 3.